The predicted molar refractivity (Wildman–Crippen MR) is 60.8 cm³/mol. The highest BCUT2D eigenvalue weighted by atomic mass is 32.1. The van der Waals surface area contributed by atoms with Crippen molar-refractivity contribution < 1.29 is 0 Å². The number of aromatic nitrogens is 1. The zero-order valence-corrected chi connectivity index (χ0v) is 9.05. The van der Waals surface area contributed by atoms with Gasteiger partial charge in [-0.05, 0) is 47.8 Å². The first-order chi connectivity index (χ1) is 6.86. The number of pyridine rings is 1. The van der Waals surface area contributed by atoms with Gasteiger partial charge in [0.15, 0.2) is 0 Å². The minimum Gasteiger partial charge on any atom is -0.255 e. The molecule has 1 nitrogen and oxygen atoms in total. The number of hydrogen-bond acceptors (Lipinski definition) is 2. The molecule has 1 aliphatic rings. The zero-order valence-electron chi connectivity index (χ0n) is 8.23. The molecule has 1 aliphatic carbocycles. The van der Waals surface area contributed by atoms with Crippen LogP contribution in [0.1, 0.15) is 31.2 Å². The third kappa shape index (κ3) is 1.10. The number of fused-ring (bicyclic) bond motifs is 1. The molecule has 3 rings (SSSR count). The second-order valence-corrected chi connectivity index (χ2v) is 5.11. The monoisotopic (exact) mass is 203 g/mol. The highest BCUT2D eigenvalue weighted by molar-refractivity contribution is 7.17. The van der Waals surface area contributed by atoms with E-state index in [2.05, 4.69) is 29.4 Å². The van der Waals surface area contributed by atoms with E-state index < -0.39 is 0 Å². The molecule has 14 heavy (non-hydrogen) atoms. The molecule has 0 saturated heterocycles. The summed E-state index contributed by atoms with van der Waals surface area (Å²) >= 11 is 1.83. The van der Waals surface area contributed by atoms with Crippen LogP contribution in [0.2, 0.25) is 0 Å². The Kier molecular flexibility index (Phi) is 1.84. The number of thiophene rings is 1. The summed E-state index contributed by atoms with van der Waals surface area (Å²) in [5.41, 5.74) is 2.70. The van der Waals surface area contributed by atoms with Crippen LogP contribution in [0.5, 0.6) is 0 Å². The van der Waals surface area contributed by atoms with E-state index in [0.717, 1.165) is 11.8 Å². The first-order valence-electron chi connectivity index (χ1n) is 5.18. The molecule has 0 amide bonds. The Labute approximate surface area is 87.8 Å². The summed E-state index contributed by atoms with van der Waals surface area (Å²) in [5.74, 6) is 1.65. The molecule has 2 heterocycles. The van der Waals surface area contributed by atoms with E-state index in [1.807, 2.05) is 17.5 Å². The average molecular weight is 203 g/mol. The topological polar surface area (TPSA) is 12.9 Å². The highest BCUT2D eigenvalue weighted by Crippen LogP contribution is 2.44. The van der Waals surface area contributed by atoms with Crippen molar-refractivity contribution in [3.8, 4) is 0 Å². The molecule has 1 saturated carbocycles. The summed E-state index contributed by atoms with van der Waals surface area (Å²) in [6.07, 6.45) is 4.70. The summed E-state index contributed by atoms with van der Waals surface area (Å²) in [4.78, 5) is 4.38. The molecule has 0 bridgehead atoms. The Hall–Kier alpha value is -0.890. The Balaban J connectivity index is 2.15. The van der Waals surface area contributed by atoms with Gasteiger partial charge in [-0.15, -0.1) is 11.3 Å². The highest BCUT2D eigenvalue weighted by Gasteiger charge is 2.29. The smallest absolute Gasteiger partial charge is 0.0812 e. The van der Waals surface area contributed by atoms with Gasteiger partial charge in [-0.1, -0.05) is 6.92 Å². The van der Waals surface area contributed by atoms with Crippen molar-refractivity contribution in [3.63, 3.8) is 0 Å². The van der Waals surface area contributed by atoms with E-state index in [1.165, 1.54) is 28.6 Å². The van der Waals surface area contributed by atoms with E-state index in [-0.39, 0.29) is 0 Å². The Morgan fingerprint density at radius 3 is 3.00 bits per heavy atom. The van der Waals surface area contributed by atoms with E-state index in [4.69, 9.17) is 0 Å². The van der Waals surface area contributed by atoms with E-state index in [9.17, 15) is 0 Å². The quantitative estimate of drug-likeness (QED) is 0.686. The van der Waals surface area contributed by atoms with E-state index in [1.54, 1.807) is 0 Å². The Morgan fingerprint density at radius 1 is 1.36 bits per heavy atom. The molecule has 2 aromatic rings. The maximum Gasteiger partial charge on any atom is 0.0812 e. The van der Waals surface area contributed by atoms with Gasteiger partial charge in [0.05, 0.1) is 10.2 Å². The summed E-state index contributed by atoms with van der Waals surface area (Å²) in [6, 6.07) is 4.33. The van der Waals surface area contributed by atoms with Crippen LogP contribution in [0.3, 0.4) is 0 Å². The number of rotatable bonds is 1. The second kappa shape index (κ2) is 3.06. The van der Waals surface area contributed by atoms with Crippen molar-refractivity contribution in [2.24, 2.45) is 5.92 Å². The van der Waals surface area contributed by atoms with Gasteiger partial charge in [-0.3, -0.25) is 4.98 Å². The molecule has 0 N–H and O–H groups in total. The SMILES string of the molecule is CC1CCC1c1ccnc2ccsc12. The molecule has 1 fully saturated rings. The molecular weight excluding hydrogens is 190 g/mol. The Morgan fingerprint density at radius 2 is 2.29 bits per heavy atom. The van der Waals surface area contributed by atoms with Crippen LogP contribution in [-0.2, 0) is 0 Å². The van der Waals surface area contributed by atoms with E-state index >= 15 is 0 Å². The lowest BCUT2D eigenvalue weighted by atomic mass is 9.71. The van der Waals surface area contributed by atoms with Crippen molar-refractivity contribution in [1.29, 1.82) is 0 Å². The Bertz CT molecular complexity index is 460. The summed E-state index contributed by atoms with van der Waals surface area (Å²) < 4.78 is 1.41. The van der Waals surface area contributed by atoms with Gasteiger partial charge in [-0.25, -0.2) is 0 Å². The molecular formula is C12H13NS. The van der Waals surface area contributed by atoms with Crippen LogP contribution in [0.25, 0.3) is 10.2 Å². The van der Waals surface area contributed by atoms with Gasteiger partial charge in [0, 0.05) is 6.20 Å². The number of hydrogen-bond donors (Lipinski definition) is 0. The van der Waals surface area contributed by atoms with Crippen molar-refractivity contribution in [3.05, 3.63) is 29.3 Å². The normalized spacial score (nSPS) is 26.4. The van der Waals surface area contributed by atoms with Gasteiger partial charge in [0.2, 0.25) is 0 Å². The maximum absolute atomic E-state index is 4.38. The van der Waals surface area contributed by atoms with Crippen LogP contribution in [0, 0.1) is 5.92 Å². The van der Waals surface area contributed by atoms with Gasteiger partial charge in [0.25, 0.3) is 0 Å². The molecule has 72 valence electrons. The largest absolute Gasteiger partial charge is 0.255 e. The molecule has 0 aromatic carbocycles. The standard InChI is InChI=1S/C12H13NS/c1-8-2-3-9(8)10-4-6-13-11-5-7-14-12(10)11/h4-9H,2-3H2,1H3. The van der Waals surface area contributed by atoms with Crippen LogP contribution >= 0.6 is 11.3 Å². The van der Waals surface area contributed by atoms with Crippen molar-refractivity contribution >= 4 is 21.6 Å². The van der Waals surface area contributed by atoms with Gasteiger partial charge >= 0.3 is 0 Å². The van der Waals surface area contributed by atoms with Gasteiger partial charge < -0.3 is 0 Å². The first kappa shape index (κ1) is 8.42. The van der Waals surface area contributed by atoms with Gasteiger partial charge in [0.1, 0.15) is 0 Å². The lowest BCUT2D eigenvalue weighted by Gasteiger charge is -2.34. The second-order valence-electron chi connectivity index (χ2n) is 4.20. The lowest BCUT2D eigenvalue weighted by Crippen LogP contribution is -2.20. The summed E-state index contributed by atoms with van der Waals surface area (Å²) in [5, 5.41) is 2.14. The molecule has 2 unspecified atom stereocenters. The third-order valence-corrected chi connectivity index (χ3v) is 4.35. The van der Waals surface area contributed by atoms with Crippen molar-refractivity contribution in [1.82, 2.24) is 4.98 Å². The lowest BCUT2D eigenvalue weighted by molar-refractivity contribution is 0.282. The molecule has 0 spiro atoms. The fraction of sp³-hybridized carbons (Fsp3) is 0.417. The summed E-state index contributed by atoms with van der Waals surface area (Å²) in [6.45, 7) is 2.36. The maximum atomic E-state index is 4.38. The first-order valence-corrected chi connectivity index (χ1v) is 6.06. The van der Waals surface area contributed by atoms with Crippen LogP contribution in [0.4, 0.5) is 0 Å². The minimum atomic E-state index is 0.791. The molecule has 2 atom stereocenters. The zero-order chi connectivity index (χ0) is 9.54. The van der Waals surface area contributed by atoms with Gasteiger partial charge in [-0.2, -0.15) is 0 Å². The minimum absolute atomic E-state index is 0.791. The molecule has 0 radical (unpaired) electrons. The molecule has 2 aromatic heterocycles. The van der Waals surface area contributed by atoms with Crippen molar-refractivity contribution in [2.75, 3.05) is 0 Å². The van der Waals surface area contributed by atoms with Crippen LogP contribution < -0.4 is 0 Å². The van der Waals surface area contributed by atoms with Crippen LogP contribution in [-0.4, -0.2) is 4.98 Å². The predicted octanol–water partition coefficient (Wildman–Crippen LogP) is 3.81. The van der Waals surface area contributed by atoms with Crippen molar-refractivity contribution in [2.45, 2.75) is 25.7 Å². The average Bonchev–Trinajstić information content (AvgIpc) is 2.64. The van der Waals surface area contributed by atoms with E-state index in [0.29, 0.717) is 0 Å². The fourth-order valence-corrected chi connectivity index (χ4v) is 3.24. The molecule has 0 aliphatic heterocycles. The van der Waals surface area contributed by atoms with Crippen LogP contribution in [0.15, 0.2) is 23.7 Å². The summed E-state index contributed by atoms with van der Waals surface area (Å²) in [7, 11) is 0. The third-order valence-electron chi connectivity index (χ3n) is 3.39. The number of nitrogens with zero attached hydrogens (tertiary/aromatic N) is 1. The fourth-order valence-electron chi connectivity index (χ4n) is 2.31. The molecule has 2 heteroatoms.